The van der Waals surface area contributed by atoms with E-state index in [2.05, 4.69) is 95.4 Å². The van der Waals surface area contributed by atoms with E-state index in [4.69, 9.17) is 28.4 Å². The molecule has 42 heavy (non-hydrogen) atoms. The van der Waals surface area contributed by atoms with Crippen molar-refractivity contribution >= 4 is 0 Å². The Balaban J connectivity index is 3.18. The molecule has 0 bridgehead atoms. The molecule has 0 amide bonds. The predicted molar refractivity (Wildman–Crippen MR) is 175 cm³/mol. The van der Waals surface area contributed by atoms with Crippen LogP contribution in [-0.2, 0) is 28.4 Å². The first kappa shape index (κ1) is 38.5. The van der Waals surface area contributed by atoms with Crippen LogP contribution in [0.5, 0.6) is 0 Å². The van der Waals surface area contributed by atoms with Crippen LogP contribution in [0.15, 0.2) is 60.8 Å². The molecule has 6 nitrogen and oxygen atoms in total. The van der Waals surface area contributed by atoms with E-state index in [1.165, 1.54) is 0 Å². The van der Waals surface area contributed by atoms with Gasteiger partial charge in [-0.05, 0) is 64.2 Å². The van der Waals surface area contributed by atoms with Crippen LogP contribution in [0.4, 0.5) is 0 Å². The van der Waals surface area contributed by atoms with Crippen molar-refractivity contribution in [3.05, 3.63) is 60.8 Å². The third-order valence-electron chi connectivity index (χ3n) is 6.67. The SMILES string of the molecule is CC/C=C\CCOC[C@H]1OC(OCC/C=C\CC)[C@H](OCC/C=C\CC)[C@@H](OCC/C=C\CC)[C@H]1OCC/C=C\CC. The molecule has 0 aliphatic carbocycles. The molecule has 1 aliphatic heterocycles. The molecule has 1 saturated heterocycles. The second-order valence-electron chi connectivity index (χ2n) is 10.3. The summed E-state index contributed by atoms with van der Waals surface area (Å²) in [6.07, 6.45) is 29.0. The van der Waals surface area contributed by atoms with E-state index >= 15 is 0 Å². The van der Waals surface area contributed by atoms with E-state index in [9.17, 15) is 0 Å². The Kier molecular flexibility index (Phi) is 25.9. The molecule has 0 aromatic carbocycles. The Bertz CT molecular complexity index is 743. The first-order valence-electron chi connectivity index (χ1n) is 16.7. The summed E-state index contributed by atoms with van der Waals surface area (Å²) in [4.78, 5) is 0. The standard InChI is InChI=1S/C36H62O6/c1-6-11-16-21-26-37-31-32-33(38-27-22-17-12-7-2)34(39-28-23-18-13-8-3)35(40-29-24-19-14-9-4)36(42-32)41-30-25-20-15-10-5/h11-20,32-36H,6-10,21-31H2,1-5H3/b16-11-,17-12-,18-13-,19-14-,20-15-/t32-,33+,34+,35-,36?/m1/s1. The van der Waals surface area contributed by atoms with E-state index in [0.29, 0.717) is 39.6 Å². The van der Waals surface area contributed by atoms with Gasteiger partial charge < -0.3 is 28.4 Å². The lowest BCUT2D eigenvalue weighted by Crippen LogP contribution is -2.62. The van der Waals surface area contributed by atoms with Crippen molar-refractivity contribution in [1.29, 1.82) is 0 Å². The van der Waals surface area contributed by atoms with Crippen LogP contribution in [0.25, 0.3) is 0 Å². The Morgan fingerprint density at radius 1 is 0.429 bits per heavy atom. The van der Waals surface area contributed by atoms with Crippen molar-refractivity contribution in [2.75, 3.05) is 39.6 Å². The van der Waals surface area contributed by atoms with Crippen LogP contribution < -0.4 is 0 Å². The molecular formula is C36H62O6. The molecule has 1 unspecified atom stereocenters. The fraction of sp³-hybridized carbons (Fsp3) is 0.722. The Hall–Kier alpha value is -1.54. The highest BCUT2D eigenvalue weighted by Crippen LogP contribution is 2.30. The molecule has 0 spiro atoms. The van der Waals surface area contributed by atoms with Crippen molar-refractivity contribution in [3.8, 4) is 0 Å². The fourth-order valence-corrected chi connectivity index (χ4v) is 4.56. The summed E-state index contributed by atoms with van der Waals surface area (Å²) in [6, 6.07) is 0. The lowest BCUT2D eigenvalue weighted by molar-refractivity contribution is -0.322. The molecule has 0 radical (unpaired) electrons. The third-order valence-corrected chi connectivity index (χ3v) is 6.67. The second-order valence-corrected chi connectivity index (χ2v) is 10.3. The Morgan fingerprint density at radius 2 is 0.810 bits per heavy atom. The topological polar surface area (TPSA) is 55.4 Å². The van der Waals surface area contributed by atoms with Crippen molar-refractivity contribution in [3.63, 3.8) is 0 Å². The molecule has 1 aliphatic rings. The maximum Gasteiger partial charge on any atom is 0.186 e. The van der Waals surface area contributed by atoms with Crippen molar-refractivity contribution < 1.29 is 28.4 Å². The lowest BCUT2D eigenvalue weighted by atomic mass is 9.98. The number of rotatable bonds is 26. The molecule has 0 aromatic rings. The largest absolute Gasteiger partial charge is 0.378 e. The summed E-state index contributed by atoms with van der Waals surface area (Å²) >= 11 is 0. The summed E-state index contributed by atoms with van der Waals surface area (Å²) in [6.45, 7) is 14.0. The van der Waals surface area contributed by atoms with E-state index in [-0.39, 0.29) is 18.3 Å². The van der Waals surface area contributed by atoms with Gasteiger partial charge in [0.05, 0.1) is 39.6 Å². The van der Waals surface area contributed by atoms with Gasteiger partial charge in [0.1, 0.15) is 24.4 Å². The van der Waals surface area contributed by atoms with Gasteiger partial charge in [-0.15, -0.1) is 0 Å². The monoisotopic (exact) mass is 590 g/mol. The van der Waals surface area contributed by atoms with Crippen molar-refractivity contribution in [1.82, 2.24) is 0 Å². The summed E-state index contributed by atoms with van der Waals surface area (Å²) in [5.41, 5.74) is 0. The van der Waals surface area contributed by atoms with E-state index in [0.717, 1.165) is 64.2 Å². The average Bonchev–Trinajstić information content (AvgIpc) is 3.00. The molecule has 1 fully saturated rings. The number of allylic oxidation sites excluding steroid dienone is 5. The first-order valence-corrected chi connectivity index (χ1v) is 16.7. The molecular weight excluding hydrogens is 528 g/mol. The van der Waals surface area contributed by atoms with Crippen LogP contribution in [0, 0.1) is 0 Å². The van der Waals surface area contributed by atoms with Gasteiger partial charge in [-0.2, -0.15) is 0 Å². The summed E-state index contributed by atoms with van der Waals surface area (Å²) in [5.74, 6) is 0. The maximum absolute atomic E-state index is 6.61. The third kappa shape index (κ3) is 18.2. The van der Waals surface area contributed by atoms with Gasteiger partial charge in [-0.25, -0.2) is 0 Å². The number of hydrogen-bond donors (Lipinski definition) is 0. The molecule has 1 rings (SSSR count). The smallest absolute Gasteiger partial charge is 0.186 e. The van der Waals surface area contributed by atoms with Gasteiger partial charge in [0.15, 0.2) is 6.29 Å². The molecule has 1 heterocycles. The summed E-state index contributed by atoms with van der Waals surface area (Å²) < 4.78 is 38.7. The molecule has 0 aromatic heterocycles. The molecule has 242 valence electrons. The highest BCUT2D eigenvalue weighted by molar-refractivity contribution is 4.95. The molecule has 0 saturated carbocycles. The Morgan fingerprint density at radius 3 is 1.26 bits per heavy atom. The highest BCUT2D eigenvalue weighted by atomic mass is 16.7. The zero-order valence-corrected chi connectivity index (χ0v) is 27.4. The van der Waals surface area contributed by atoms with E-state index in [1.807, 2.05) is 0 Å². The molecule has 5 atom stereocenters. The first-order chi connectivity index (χ1) is 20.7. The average molecular weight is 591 g/mol. The van der Waals surface area contributed by atoms with Gasteiger partial charge in [-0.3, -0.25) is 0 Å². The van der Waals surface area contributed by atoms with Gasteiger partial charge in [-0.1, -0.05) is 95.4 Å². The van der Waals surface area contributed by atoms with Gasteiger partial charge >= 0.3 is 0 Å². The van der Waals surface area contributed by atoms with Gasteiger partial charge in [0, 0.05) is 0 Å². The zero-order chi connectivity index (χ0) is 30.5. The quantitative estimate of drug-likeness (QED) is 0.0742. The zero-order valence-electron chi connectivity index (χ0n) is 27.4. The minimum absolute atomic E-state index is 0.331. The van der Waals surface area contributed by atoms with Crippen LogP contribution in [0.3, 0.4) is 0 Å². The van der Waals surface area contributed by atoms with Crippen LogP contribution in [0.2, 0.25) is 0 Å². The van der Waals surface area contributed by atoms with Crippen LogP contribution >= 0.6 is 0 Å². The van der Waals surface area contributed by atoms with Crippen molar-refractivity contribution in [2.24, 2.45) is 0 Å². The summed E-state index contributed by atoms with van der Waals surface area (Å²) in [5, 5.41) is 0. The Labute approximate surface area is 258 Å². The second kappa shape index (κ2) is 28.2. The number of ether oxygens (including phenoxy) is 6. The lowest BCUT2D eigenvalue weighted by Gasteiger charge is -2.45. The minimum atomic E-state index is -0.570. The van der Waals surface area contributed by atoms with E-state index < -0.39 is 12.4 Å². The van der Waals surface area contributed by atoms with Crippen molar-refractivity contribution in [2.45, 2.75) is 130 Å². The maximum atomic E-state index is 6.61. The molecule has 6 heteroatoms. The fourth-order valence-electron chi connectivity index (χ4n) is 4.56. The predicted octanol–water partition coefficient (Wildman–Crippen LogP) is 8.68. The van der Waals surface area contributed by atoms with Gasteiger partial charge in [0.2, 0.25) is 0 Å². The van der Waals surface area contributed by atoms with Crippen LogP contribution in [-0.4, -0.2) is 70.3 Å². The normalized spacial score (nSPS) is 23.6. The minimum Gasteiger partial charge on any atom is -0.378 e. The highest BCUT2D eigenvalue weighted by Gasteiger charge is 2.48. The molecule has 0 N–H and O–H groups in total. The van der Waals surface area contributed by atoms with Crippen LogP contribution in [0.1, 0.15) is 98.8 Å². The van der Waals surface area contributed by atoms with E-state index in [1.54, 1.807) is 0 Å². The summed E-state index contributed by atoms with van der Waals surface area (Å²) in [7, 11) is 0. The number of hydrogen-bond acceptors (Lipinski definition) is 6. The van der Waals surface area contributed by atoms with Gasteiger partial charge in [0.25, 0.3) is 0 Å².